The third kappa shape index (κ3) is 4.78. The maximum Gasteiger partial charge on any atom is 0.0245 e. The minimum atomic E-state index is 0.0475. The standard InChI is InChI=1S/C20H20/c1-20(2,3)16-15-19-13-11-18(12-14-19)10-9-17-7-5-4-6-8-17/h4-14H,1-3H3/b10-9-. The summed E-state index contributed by atoms with van der Waals surface area (Å²) >= 11 is 0. The Morgan fingerprint density at radius 1 is 0.750 bits per heavy atom. The summed E-state index contributed by atoms with van der Waals surface area (Å²) in [7, 11) is 0. The van der Waals surface area contributed by atoms with Crippen LogP contribution in [-0.4, -0.2) is 0 Å². The van der Waals surface area contributed by atoms with E-state index in [2.05, 4.69) is 81.2 Å². The molecule has 100 valence electrons. The number of rotatable bonds is 2. The molecule has 2 rings (SSSR count). The molecule has 0 amide bonds. The van der Waals surface area contributed by atoms with Crippen molar-refractivity contribution >= 4 is 12.2 Å². The number of hydrogen-bond donors (Lipinski definition) is 0. The monoisotopic (exact) mass is 260 g/mol. The van der Waals surface area contributed by atoms with Crippen LogP contribution >= 0.6 is 0 Å². The zero-order chi connectivity index (χ0) is 14.4. The molecule has 0 radical (unpaired) electrons. The lowest BCUT2D eigenvalue weighted by Gasteiger charge is -2.06. The molecule has 0 aromatic heterocycles. The first kappa shape index (κ1) is 14.2. The Balaban J connectivity index is 2.09. The maximum atomic E-state index is 3.25. The number of hydrogen-bond acceptors (Lipinski definition) is 0. The summed E-state index contributed by atoms with van der Waals surface area (Å²) in [5, 5.41) is 0. The quantitative estimate of drug-likeness (QED) is 0.510. The molecule has 0 aliphatic heterocycles. The van der Waals surface area contributed by atoms with Gasteiger partial charge in [-0.05, 0) is 44.0 Å². The largest absolute Gasteiger partial charge is 0.0920 e. The highest BCUT2D eigenvalue weighted by molar-refractivity contribution is 5.69. The van der Waals surface area contributed by atoms with Gasteiger partial charge >= 0.3 is 0 Å². The van der Waals surface area contributed by atoms with Gasteiger partial charge in [0, 0.05) is 11.0 Å². The average Bonchev–Trinajstić information content (AvgIpc) is 2.44. The van der Waals surface area contributed by atoms with E-state index in [1.165, 1.54) is 11.1 Å². The van der Waals surface area contributed by atoms with E-state index >= 15 is 0 Å². The Labute approximate surface area is 122 Å². The van der Waals surface area contributed by atoms with Crippen molar-refractivity contribution in [1.82, 2.24) is 0 Å². The Bertz CT molecular complexity index is 626. The molecule has 0 aliphatic rings. The molecular weight excluding hydrogens is 240 g/mol. The Kier molecular flexibility index (Phi) is 4.43. The molecule has 0 aliphatic carbocycles. The minimum Gasteiger partial charge on any atom is -0.0920 e. The molecule has 0 heteroatoms. The van der Waals surface area contributed by atoms with Crippen LogP contribution in [0.15, 0.2) is 54.6 Å². The predicted molar refractivity (Wildman–Crippen MR) is 88.1 cm³/mol. The highest BCUT2D eigenvalue weighted by atomic mass is 14.1. The fraction of sp³-hybridized carbons (Fsp3) is 0.200. The van der Waals surface area contributed by atoms with Gasteiger partial charge in [-0.15, -0.1) is 0 Å². The molecule has 0 saturated heterocycles. The summed E-state index contributed by atoms with van der Waals surface area (Å²) in [4.78, 5) is 0. The van der Waals surface area contributed by atoms with Crippen LogP contribution in [0.25, 0.3) is 12.2 Å². The lowest BCUT2D eigenvalue weighted by atomic mass is 9.97. The van der Waals surface area contributed by atoms with Crippen molar-refractivity contribution in [3.63, 3.8) is 0 Å². The van der Waals surface area contributed by atoms with E-state index in [-0.39, 0.29) is 5.41 Å². The van der Waals surface area contributed by atoms with Crippen molar-refractivity contribution in [2.75, 3.05) is 0 Å². The van der Waals surface area contributed by atoms with Gasteiger partial charge in [0.25, 0.3) is 0 Å². The first-order valence-corrected chi connectivity index (χ1v) is 6.89. The maximum absolute atomic E-state index is 3.25. The normalized spacial score (nSPS) is 11.2. The summed E-state index contributed by atoms with van der Waals surface area (Å²) in [6.45, 7) is 6.37. The van der Waals surface area contributed by atoms with Gasteiger partial charge in [0.05, 0.1) is 0 Å². The molecule has 20 heavy (non-hydrogen) atoms. The van der Waals surface area contributed by atoms with Gasteiger partial charge < -0.3 is 0 Å². The fourth-order valence-electron chi connectivity index (χ4n) is 1.69. The molecule has 0 N–H and O–H groups in total. The van der Waals surface area contributed by atoms with E-state index in [9.17, 15) is 0 Å². The summed E-state index contributed by atoms with van der Waals surface area (Å²) in [5.41, 5.74) is 3.52. The molecule has 0 fully saturated rings. The van der Waals surface area contributed by atoms with Crippen LogP contribution in [-0.2, 0) is 0 Å². The van der Waals surface area contributed by atoms with Crippen LogP contribution in [0.1, 0.15) is 37.5 Å². The molecule has 0 nitrogen and oxygen atoms in total. The van der Waals surface area contributed by atoms with Crippen LogP contribution in [0.4, 0.5) is 0 Å². The second-order valence-electron chi connectivity index (χ2n) is 5.87. The lowest BCUT2D eigenvalue weighted by molar-refractivity contribution is 0.571. The molecule has 0 bridgehead atoms. The smallest absolute Gasteiger partial charge is 0.0245 e. The van der Waals surface area contributed by atoms with Gasteiger partial charge in [0.1, 0.15) is 0 Å². The van der Waals surface area contributed by atoms with Crippen molar-refractivity contribution in [2.45, 2.75) is 20.8 Å². The van der Waals surface area contributed by atoms with Crippen molar-refractivity contribution in [3.05, 3.63) is 71.3 Å². The van der Waals surface area contributed by atoms with Gasteiger partial charge in [-0.2, -0.15) is 0 Å². The molecule has 0 atom stereocenters. The molecular formula is C20H20. The van der Waals surface area contributed by atoms with Crippen LogP contribution in [0.2, 0.25) is 0 Å². The van der Waals surface area contributed by atoms with E-state index in [4.69, 9.17) is 0 Å². The van der Waals surface area contributed by atoms with E-state index in [0.717, 1.165) is 5.56 Å². The molecule has 0 spiro atoms. The molecule has 0 heterocycles. The molecule has 2 aromatic rings. The zero-order valence-electron chi connectivity index (χ0n) is 12.4. The SMILES string of the molecule is CC(C)(C)C#Cc1ccc(/C=C\c2ccccc2)cc1. The summed E-state index contributed by atoms with van der Waals surface area (Å²) in [6, 6.07) is 18.7. The highest BCUT2D eigenvalue weighted by Crippen LogP contribution is 2.12. The van der Waals surface area contributed by atoms with Gasteiger partial charge in [-0.1, -0.05) is 66.5 Å². The van der Waals surface area contributed by atoms with Crippen molar-refractivity contribution in [3.8, 4) is 11.8 Å². The van der Waals surface area contributed by atoms with Crippen LogP contribution in [0, 0.1) is 17.3 Å². The summed E-state index contributed by atoms with van der Waals surface area (Å²) in [5.74, 6) is 6.46. The fourth-order valence-corrected chi connectivity index (χ4v) is 1.69. The Morgan fingerprint density at radius 2 is 1.30 bits per heavy atom. The Hall–Kier alpha value is -2.26. The van der Waals surface area contributed by atoms with Gasteiger partial charge in [0.2, 0.25) is 0 Å². The van der Waals surface area contributed by atoms with Gasteiger partial charge in [-0.25, -0.2) is 0 Å². The van der Waals surface area contributed by atoms with Crippen molar-refractivity contribution < 1.29 is 0 Å². The first-order chi connectivity index (χ1) is 9.53. The first-order valence-electron chi connectivity index (χ1n) is 6.89. The molecule has 2 aromatic carbocycles. The van der Waals surface area contributed by atoms with Crippen LogP contribution in [0.5, 0.6) is 0 Å². The lowest BCUT2D eigenvalue weighted by Crippen LogP contribution is -1.99. The van der Waals surface area contributed by atoms with E-state index in [1.807, 2.05) is 18.2 Å². The summed E-state index contributed by atoms with van der Waals surface area (Å²) in [6.07, 6.45) is 4.24. The van der Waals surface area contributed by atoms with Gasteiger partial charge in [0.15, 0.2) is 0 Å². The van der Waals surface area contributed by atoms with E-state index in [1.54, 1.807) is 0 Å². The second kappa shape index (κ2) is 6.26. The third-order valence-corrected chi connectivity index (χ3v) is 2.76. The number of benzene rings is 2. The van der Waals surface area contributed by atoms with Crippen molar-refractivity contribution in [1.29, 1.82) is 0 Å². The van der Waals surface area contributed by atoms with Crippen molar-refractivity contribution in [2.24, 2.45) is 5.41 Å². The Morgan fingerprint density at radius 3 is 1.85 bits per heavy atom. The molecule has 0 saturated carbocycles. The predicted octanol–water partition coefficient (Wildman–Crippen LogP) is 5.25. The van der Waals surface area contributed by atoms with Crippen LogP contribution in [0.3, 0.4) is 0 Å². The van der Waals surface area contributed by atoms with E-state index < -0.39 is 0 Å². The minimum absolute atomic E-state index is 0.0475. The highest BCUT2D eigenvalue weighted by Gasteiger charge is 2.03. The van der Waals surface area contributed by atoms with Crippen LogP contribution < -0.4 is 0 Å². The zero-order valence-corrected chi connectivity index (χ0v) is 12.4. The van der Waals surface area contributed by atoms with E-state index in [0.29, 0.717) is 0 Å². The summed E-state index contributed by atoms with van der Waals surface area (Å²) < 4.78 is 0. The third-order valence-electron chi connectivity index (χ3n) is 2.76. The second-order valence-corrected chi connectivity index (χ2v) is 5.87. The average molecular weight is 260 g/mol. The topological polar surface area (TPSA) is 0 Å². The van der Waals surface area contributed by atoms with Gasteiger partial charge in [-0.3, -0.25) is 0 Å². The molecule has 0 unspecified atom stereocenters.